The van der Waals surface area contributed by atoms with E-state index in [9.17, 15) is 0 Å². The normalized spacial score (nSPS) is 13.1. The van der Waals surface area contributed by atoms with Crippen LogP contribution in [0.5, 0.6) is 0 Å². The van der Waals surface area contributed by atoms with Crippen LogP contribution in [0.25, 0.3) is 0 Å². The SMILES string of the molecule is C=CCC(Cl)CNCC. The maximum atomic E-state index is 5.83. The number of allylic oxidation sites excluding steroid dienone is 1. The third-order valence-corrected chi connectivity index (χ3v) is 1.37. The van der Waals surface area contributed by atoms with Gasteiger partial charge in [0, 0.05) is 11.9 Å². The highest BCUT2D eigenvalue weighted by Gasteiger charge is 1.97. The molecular formula is C7H14ClN. The molecule has 0 aliphatic heterocycles. The van der Waals surface area contributed by atoms with E-state index >= 15 is 0 Å². The van der Waals surface area contributed by atoms with Gasteiger partial charge in [-0.3, -0.25) is 0 Å². The predicted octanol–water partition coefficient (Wildman–Crippen LogP) is 1.78. The summed E-state index contributed by atoms with van der Waals surface area (Å²) in [5.74, 6) is 0. The number of rotatable bonds is 5. The zero-order chi connectivity index (χ0) is 7.11. The first-order chi connectivity index (χ1) is 4.31. The summed E-state index contributed by atoms with van der Waals surface area (Å²) in [5.41, 5.74) is 0. The second-order valence-corrected chi connectivity index (χ2v) is 2.55. The monoisotopic (exact) mass is 147 g/mol. The molecular weight excluding hydrogens is 134 g/mol. The summed E-state index contributed by atoms with van der Waals surface area (Å²) in [4.78, 5) is 0. The van der Waals surface area contributed by atoms with Crippen molar-refractivity contribution >= 4 is 11.6 Å². The summed E-state index contributed by atoms with van der Waals surface area (Å²) < 4.78 is 0. The molecule has 9 heavy (non-hydrogen) atoms. The summed E-state index contributed by atoms with van der Waals surface area (Å²) in [7, 11) is 0. The Morgan fingerprint density at radius 2 is 2.44 bits per heavy atom. The van der Waals surface area contributed by atoms with Gasteiger partial charge in [0.1, 0.15) is 0 Å². The molecule has 0 rings (SSSR count). The lowest BCUT2D eigenvalue weighted by molar-refractivity contribution is 0.686. The van der Waals surface area contributed by atoms with E-state index in [2.05, 4.69) is 18.8 Å². The molecule has 0 aromatic rings. The van der Waals surface area contributed by atoms with Gasteiger partial charge in [-0.25, -0.2) is 0 Å². The van der Waals surface area contributed by atoms with E-state index in [1.54, 1.807) is 0 Å². The predicted molar refractivity (Wildman–Crippen MR) is 43.0 cm³/mol. The Kier molecular flexibility index (Phi) is 6.11. The molecule has 1 nitrogen and oxygen atoms in total. The zero-order valence-corrected chi connectivity index (χ0v) is 6.62. The molecule has 0 heterocycles. The summed E-state index contributed by atoms with van der Waals surface area (Å²) in [6, 6.07) is 0. The molecule has 0 aliphatic rings. The lowest BCUT2D eigenvalue weighted by Crippen LogP contribution is -2.22. The van der Waals surface area contributed by atoms with Gasteiger partial charge in [0.05, 0.1) is 0 Å². The van der Waals surface area contributed by atoms with Crippen LogP contribution in [0.1, 0.15) is 13.3 Å². The summed E-state index contributed by atoms with van der Waals surface area (Å²) in [5, 5.41) is 3.36. The van der Waals surface area contributed by atoms with Crippen LogP contribution in [0, 0.1) is 0 Å². The third kappa shape index (κ3) is 5.87. The minimum Gasteiger partial charge on any atom is -0.316 e. The minimum absolute atomic E-state index is 0.211. The molecule has 2 heteroatoms. The standard InChI is InChI=1S/C7H14ClN/c1-3-5-7(8)6-9-4-2/h3,7,9H,1,4-6H2,2H3. The van der Waals surface area contributed by atoms with Crippen molar-refractivity contribution in [3.63, 3.8) is 0 Å². The van der Waals surface area contributed by atoms with Gasteiger partial charge >= 0.3 is 0 Å². The summed E-state index contributed by atoms with van der Waals surface area (Å²) in [6.45, 7) is 7.53. The van der Waals surface area contributed by atoms with Gasteiger partial charge in [0.15, 0.2) is 0 Å². The Morgan fingerprint density at radius 1 is 1.78 bits per heavy atom. The topological polar surface area (TPSA) is 12.0 Å². The average molecular weight is 148 g/mol. The van der Waals surface area contributed by atoms with Crippen molar-refractivity contribution in [3.05, 3.63) is 12.7 Å². The third-order valence-electron chi connectivity index (χ3n) is 1.04. The van der Waals surface area contributed by atoms with Crippen LogP contribution in [0.4, 0.5) is 0 Å². The fraction of sp³-hybridized carbons (Fsp3) is 0.714. The van der Waals surface area contributed by atoms with Crippen LogP contribution in [0.15, 0.2) is 12.7 Å². The molecule has 0 aromatic carbocycles. The molecule has 1 N–H and O–H groups in total. The molecule has 54 valence electrons. The Bertz CT molecular complexity index is 73.3. The van der Waals surface area contributed by atoms with E-state index in [-0.39, 0.29) is 5.38 Å². The Hall–Kier alpha value is -0.0100. The van der Waals surface area contributed by atoms with Gasteiger partial charge in [-0.2, -0.15) is 0 Å². The van der Waals surface area contributed by atoms with Crippen molar-refractivity contribution < 1.29 is 0 Å². The van der Waals surface area contributed by atoms with E-state index < -0.39 is 0 Å². The van der Waals surface area contributed by atoms with Gasteiger partial charge in [0.25, 0.3) is 0 Å². The number of hydrogen-bond donors (Lipinski definition) is 1. The molecule has 0 aliphatic carbocycles. The summed E-state index contributed by atoms with van der Waals surface area (Å²) >= 11 is 5.83. The highest BCUT2D eigenvalue weighted by Crippen LogP contribution is 1.99. The molecule has 0 spiro atoms. The smallest absolute Gasteiger partial charge is 0.0494 e. The van der Waals surface area contributed by atoms with Crippen molar-refractivity contribution in [2.24, 2.45) is 0 Å². The van der Waals surface area contributed by atoms with Crippen LogP contribution in [-0.4, -0.2) is 18.5 Å². The second kappa shape index (κ2) is 6.12. The van der Waals surface area contributed by atoms with Crippen molar-refractivity contribution in [1.29, 1.82) is 0 Å². The maximum Gasteiger partial charge on any atom is 0.0494 e. The quantitative estimate of drug-likeness (QED) is 0.462. The largest absolute Gasteiger partial charge is 0.316 e. The maximum absolute atomic E-state index is 5.83. The lowest BCUT2D eigenvalue weighted by Gasteiger charge is -2.05. The first-order valence-electron chi connectivity index (χ1n) is 3.27. The number of alkyl halides is 1. The first kappa shape index (κ1) is 8.99. The van der Waals surface area contributed by atoms with Crippen molar-refractivity contribution in [2.45, 2.75) is 18.7 Å². The molecule has 1 unspecified atom stereocenters. The molecule has 0 saturated heterocycles. The average Bonchev–Trinajstić information content (AvgIpc) is 1.85. The fourth-order valence-electron chi connectivity index (χ4n) is 0.565. The van der Waals surface area contributed by atoms with Gasteiger partial charge < -0.3 is 5.32 Å². The van der Waals surface area contributed by atoms with Crippen molar-refractivity contribution in [1.82, 2.24) is 5.32 Å². The van der Waals surface area contributed by atoms with Crippen LogP contribution in [0.3, 0.4) is 0 Å². The van der Waals surface area contributed by atoms with Gasteiger partial charge in [0.2, 0.25) is 0 Å². The van der Waals surface area contributed by atoms with Crippen molar-refractivity contribution in [3.8, 4) is 0 Å². The lowest BCUT2D eigenvalue weighted by atomic mass is 10.3. The Labute approximate surface area is 62.1 Å². The van der Waals surface area contributed by atoms with Crippen LogP contribution in [0.2, 0.25) is 0 Å². The van der Waals surface area contributed by atoms with E-state index in [4.69, 9.17) is 11.6 Å². The van der Waals surface area contributed by atoms with Crippen LogP contribution < -0.4 is 5.32 Å². The van der Waals surface area contributed by atoms with Crippen LogP contribution in [-0.2, 0) is 0 Å². The highest BCUT2D eigenvalue weighted by molar-refractivity contribution is 6.20. The summed E-state index contributed by atoms with van der Waals surface area (Å²) in [6.07, 6.45) is 2.73. The van der Waals surface area contributed by atoms with Crippen molar-refractivity contribution in [2.75, 3.05) is 13.1 Å². The fourth-order valence-corrected chi connectivity index (χ4v) is 0.800. The van der Waals surface area contributed by atoms with Gasteiger partial charge in [-0.05, 0) is 13.0 Å². The highest BCUT2D eigenvalue weighted by atomic mass is 35.5. The van der Waals surface area contributed by atoms with E-state index in [0.717, 1.165) is 19.5 Å². The molecule has 0 amide bonds. The molecule has 0 bridgehead atoms. The number of hydrogen-bond acceptors (Lipinski definition) is 1. The Morgan fingerprint density at radius 3 is 2.89 bits per heavy atom. The minimum atomic E-state index is 0.211. The second-order valence-electron chi connectivity index (χ2n) is 1.93. The molecule has 0 aromatic heterocycles. The molecule has 1 atom stereocenters. The van der Waals surface area contributed by atoms with E-state index in [1.165, 1.54) is 0 Å². The Balaban J connectivity index is 3.04. The van der Waals surface area contributed by atoms with Gasteiger partial charge in [-0.1, -0.05) is 13.0 Å². The first-order valence-corrected chi connectivity index (χ1v) is 3.70. The zero-order valence-electron chi connectivity index (χ0n) is 5.86. The van der Waals surface area contributed by atoms with Crippen LogP contribution >= 0.6 is 11.6 Å². The van der Waals surface area contributed by atoms with E-state index in [1.807, 2.05) is 6.08 Å². The molecule has 0 saturated carbocycles. The number of halogens is 1. The number of nitrogens with one attached hydrogen (secondary N) is 1. The molecule has 0 fully saturated rings. The molecule has 0 radical (unpaired) electrons. The van der Waals surface area contributed by atoms with E-state index in [0.29, 0.717) is 0 Å². The van der Waals surface area contributed by atoms with Gasteiger partial charge in [-0.15, -0.1) is 18.2 Å².